The van der Waals surface area contributed by atoms with Crippen LogP contribution in [-0.2, 0) is 5.41 Å². The maximum atomic E-state index is 7.59. The lowest BCUT2D eigenvalue weighted by Gasteiger charge is -2.21. The smallest absolute Gasteiger partial charge is 0.238 e. The Morgan fingerprint density at radius 3 is 1.03 bits per heavy atom. The van der Waals surface area contributed by atoms with Gasteiger partial charge in [0.05, 0.1) is 39.8 Å². The first kappa shape index (κ1) is 89.5. The Hall–Kier alpha value is -15.9. The number of fused-ring (bicyclic) bond motifs is 5. The van der Waals surface area contributed by atoms with Crippen molar-refractivity contribution in [2.24, 2.45) is 0 Å². The molecule has 132 heavy (non-hydrogen) atoms. The average molecular weight is 1730 g/mol. The van der Waals surface area contributed by atoms with E-state index in [1.54, 1.807) is 12.5 Å². The molecule has 0 aliphatic rings. The average Bonchev–Trinajstić information content (AvgIpc) is 0.770. The molecule has 10 aromatic carbocycles. The lowest BCUT2D eigenvalue weighted by molar-refractivity contribution is -0.613. The topological polar surface area (TPSA) is 108 Å². The van der Waals surface area contributed by atoms with Crippen LogP contribution in [0.3, 0.4) is 0 Å². The first-order chi connectivity index (χ1) is 63.7. The number of nitrogens with zero attached hydrogens (tertiary/aromatic N) is 16. The van der Waals surface area contributed by atoms with Gasteiger partial charge in [-0.05, 0) is 170 Å². The van der Waals surface area contributed by atoms with Crippen molar-refractivity contribution >= 4 is 59.8 Å². The van der Waals surface area contributed by atoms with Crippen molar-refractivity contribution in [1.29, 1.82) is 0 Å². The van der Waals surface area contributed by atoms with E-state index in [0.717, 1.165) is 50.9 Å². The highest BCUT2D eigenvalue weighted by Crippen LogP contribution is 2.33. The number of hydrogen-bond donors (Lipinski definition) is 0. The molecule has 0 aliphatic heterocycles. The highest BCUT2D eigenvalue weighted by Gasteiger charge is 2.32. The molecule has 0 spiro atoms. The van der Waals surface area contributed by atoms with Gasteiger partial charge in [-0.3, -0.25) is 0 Å². The third-order valence-electron chi connectivity index (χ3n) is 25.2. The van der Waals surface area contributed by atoms with Crippen LogP contribution in [0.4, 0.5) is 5.69 Å². The number of benzene rings is 10. The largest absolute Gasteiger partial charge is 0.291 e. The van der Waals surface area contributed by atoms with Gasteiger partial charge in [0.1, 0.15) is 87.9 Å². The number of rotatable bonds is 10. The van der Waals surface area contributed by atoms with Crippen molar-refractivity contribution in [3.8, 4) is 56.9 Å². The molecule has 16 heteroatoms. The molecule has 20 rings (SSSR count). The number of aromatic nitrogens is 15. The Morgan fingerprint density at radius 1 is 0.250 bits per heavy atom. The molecule has 0 aliphatic carbocycles. The summed E-state index contributed by atoms with van der Waals surface area (Å²) in [4.78, 5) is 25.3. The lowest BCUT2D eigenvalue weighted by atomic mass is 9.85. The molecule has 10 heterocycles. The van der Waals surface area contributed by atoms with Gasteiger partial charge in [-0.25, -0.2) is 9.41 Å². The van der Waals surface area contributed by atoms with Crippen LogP contribution in [0.1, 0.15) is 117 Å². The molecule has 0 unspecified atom stereocenters. The lowest BCUT2D eigenvalue weighted by Crippen LogP contribution is -2.40. The van der Waals surface area contributed by atoms with Crippen LogP contribution in [0.25, 0.3) is 116 Å². The molecule has 0 saturated carbocycles. The minimum atomic E-state index is 0.0346. The van der Waals surface area contributed by atoms with Gasteiger partial charge in [0.15, 0.2) is 52.7 Å². The molecule has 0 fully saturated rings. The third kappa shape index (κ3) is 18.4. The van der Waals surface area contributed by atoms with Gasteiger partial charge in [-0.15, -0.1) is 0 Å². The Labute approximate surface area is 774 Å². The molecule has 648 valence electrons. The van der Waals surface area contributed by atoms with Crippen molar-refractivity contribution in [2.75, 3.05) is 0 Å². The zero-order valence-corrected chi connectivity index (χ0v) is 79.1. The molecular formula is C116H114N16+10. The molecule has 0 amide bonds. The highest BCUT2D eigenvalue weighted by atomic mass is 15.1. The van der Waals surface area contributed by atoms with E-state index in [9.17, 15) is 0 Å². The fourth-order valence-electron chi connectivity index (χ4n) is 17.9. The van der Waals surface area contributed by atoms with E-state index in [0.29, 0.717) is 5.69 Å². The van der Waals surface area contributed by atoms with Gasteiger partial charge in [0.2, 0.25) is 39.5 Å². The van der Waals surface area contributed by atoms with E-state index < -0.39 is 0 Å². The second kappa shape index (κ2) is 38.6. The quantitative estimate of drug-likeness (QED) is 0.100. The zero-order valence-electron chi connectivity index (χ0n) is 79.1. The van der Waals surface area contributed by atoms with Gasteiger partial charge in [0, 0.05) is 165 Å². The Kier molecular flexibility index (Phi) is 26.2. The summed E-state index contributed by atoms with van der Waals surface area (Å²) in [5.41, 5.74) is 34.8. The number of hydrogen-bond acceptors (Lipinski definition) is 5. The van der Waals surface area contributed by atoms with E-state index in [1.807, 2.05) is 110 Å². The van der Waals surface area contributed by atoms with Crippen molar-refractivity contribution in [2.45, 2.75) is 137 Å². The summed E-state index contributed by atoms with van der Waals surface area (Å²) in [6.45, 7) is 48.7. The van der Waals surface area contributed by atoms with E-state index in [2.05, 4.69) is 432 Å². The predicted octanol–water partition coefficient (Wildman–Crippen LogP) is 20.7. The fraction of sp³-hybridized carbons (Fsp3) is 0.172. The van der Waals surface area contributed by atoms with Crippen LogP contribution < -0.4 is 45.7 Å². The monoisotopic (exact) mass is 1730 g/mol. The fourth-order valence-corrected chi connectivity index (χ4v) is 17.9. The normalized spacial score (nSPS) is 11.1. The van der Waals surface area contributed by atoms with E-state index >= 15 is 0 Å². The van der Waals surface area contributed by atoms with Gasteiger partial charge in [-0.1, -0.05) is 143 Å². The van der Waals surface area contributed by atoms with Gasteiger partial charge < -0.3 is 0 Å². The summed E-state index contributed by atoms with van der Waals surface area (Å²) < 4.78 is 22.1. The zero-order chi connectivity index (χ0) is 92.8. The SMILES string of the molecule is Cc1c(-[n+]2ccccc2C)cc2ccccc2c1-[n+]1cnccc1C.Cc1c(-[n+]2cnccc2C)cc(C(C)(C)C)cc1-[n+]1c(C)ccc2ccccc21.Cc1c(-[n+]2cnccc2C)cc2ccccc2c1-[n+]1ccccc1C.Cc1cc(-[n+]2cnccc2C)c(C)c(-[n+]2cc3ccccc3cc2C)c1.[C-]#[N+]c1cc(-[n+]2cnccc2C)c(C)c(-[n+]2c(C)ccc3ccccc32)c1. The molecule has 0 radical (unpaired) electrons. The van der Waals surface area contributed by atoms with Crippen LogP contribution in [0.15, 0.2) is 348 Å². The van der Waals surface area contributed by atoms with Crippen LogP contribution in [0, 0.1) is 117 Å². The Morgan fingerprint density at radius 2 is 0.583 bits per heavy atom. The molecule has 0 bridgehead atoms. The van der Waals surface area contributed by atoms with Crippen LogP contribution in [0.5, 0.6) is 0 Å². The van der Waals surface area contributed by atoms with Crippen molar-refractivity contribution in [1.82, 2.24) is 24.9 Å². The highest BCUT2D eigenvalue weighted by molar-refractivity contribution is 5.93. The maximum Gasteiger partial charge on any atom is 0.291 e. The summed E-state index contributed by atoms with van der Waals surface area (Å²) in [7, 11) is 0. The predicted molar refractivity (Wildman–Crippen MR) is 525 cm³/mol. The number of pyridine rings is 5. The summed E-state index contributed by atoms with van der Waals surface area (Å²) in [6, 6.07) is 93.7. The van der Waals surface area contributed by atoms with Gasteiger partial charge in [-0.2, -0.15) is 41.1 Å². The first-order valence-electron chi connectivity index (χ1n) is 44.9. The van der Waals surface area contributed by atoms with Crippen molar-refractivity contribution in [3.05, 3.63) is 455 Å². The molecule has 10 aromatic heterocycles. The number of para-hydroxylation sites is 2. The van der Waals surface area contributed by atoms with Gasteiger partial charge in [0.25, 0.3) is 31.6 Å². The van der Waals surface area contributed by atoms with Crippen molar-refractivity contribution in [3.63, 3.8) is 0 Å². The molecule has 20 aromatic rings. The maximum absolute atomic E-state index is 7.59. The molecule has 0 N–H and O–H groups in total. The Balaban J connectivity index is 0.000000120. The standard InChI is InChI=1S/C26H29N3.C23H20N4.C23H23N3.2C22H21N3/c1-18-13-14-27-17-28(18)24-15-22(26(4,5)6)16-25(20(24)3)29-19(2)11-12-21-9-7-8-10-23(21)29;1-16-11-12-25-15-26(16)22-13-20(24-4)14-23(18(22)3)27-17(2)9-10-19-7-5-6-8-21(19)27;1-16-11-22(19(4)23(12-16)26-15-24-10-9-17(26)2)25-14-21-8-6-5-7-20(21)13-18(25)3;1-16-8-6-7-13-24(16)22-18(3)21(25-15-23-12-11-17(25)2)14-19-9-4-5-10-20(19)22;1-16-8-6-7-13-24(16)21-14-19-9-4-5-10-20(19)22(18(21)3)25-15-23-12-11-17(25)2/h7-17H,1-6H3;5-15H,1-3H3;5-15H,1-4H3;2*4-15H,1-3H3/q5*+2. The molecule has 0 saturated heterocycles. The van der Waals surface area contributed by atoms with E-state index in [4.69, 9.17) is 6.57 Å². The second-order valence-electron chi connectivity index (χ2n) is 35.3. The summed E-state index contributed by atoms with van der Waals surface area (Å²) >= 11 is 0. The third-order valence-corrected chi connectivity index (χ3v) is 25.2. The molecule has 0 atom stereocenters. The van der Waals surface area contributed by atoms with E-state index in [-0.39, 0.29) is 5.41 Å². The number of aryl methyl sites for hydroxylation is 11. The minimum Gasteiger partial charge on any atom is -0.238 e. The van der Waals surface area contributed by atoms with Crippen LogP contribution in [-0.4, -0.2) is 24.9 Å². The molecular weight excluding hydrogens is 1620 g/mol. The van der Waals surface area contributed by atoms with E-state index in [1.165, 1.54) is 156 Å². The van der Waals surface area contributed by atoms with Gasteiger partial charge >= 0.3 is 0 Å². The summed E-state index contributed by atoms with van der Waals surface area (Å²) in [5.74, 6) is 0. The minimum absolute atomic E-state index is 0.0346. The Bertz CT molecular complexity index is 7700. The van der Waals surface area contributed by atoms with Crippen LogP contribution >= 0.6 is 0 Å². The molecule has 16 nitrogen and oxygen atoms in total. The van der Waals surface area contributed by atoms with Crippen LogP contribution in [0.2, 0.25) is 0 Å². The summed E-state index contributed by atoms with van der Waals surface area (Å²) in [5, 5.41) is 9.86. The second-order valence-corrected chi connectivity index (χ2v) is 35.3. The van der Waals surface area contributed by atoms with Crippen molar-refractivity contribution < 1.29 is 45.7 Å². The first-order valence-corrected chi connectivity index (χ1v) is 44.9. The summed E-state index contributed by atoms with van der Waals surface area (Å²) in [6.07, 6.45) is 25.0.